The number of hydrogen-bond donors (Lipinski definition) is 0. The SMILES string of the molecule is O=[N+]([O-])c1cc(COc2cc(Cl)c(Cl)cc2Cl)ccc1Cl. The third kappa shape index (κ3) is 3.92. The Labute approximate surface area is 140 Å². The maximum atomic E-state index is 10.8. The standard InChI is InChI=1S/C13H7Cl4NO3/c14-8-2-1-7(3-12(8)18(19)20)6-21-13-5-10(16)9(15)4-11(13)17/h1-5H,6H2. The van der Waals surface area contributed by atoms with Gasteiger partial charge in [0, 0.05) is 12.1 Å². The van der Waals surface area contributed by atoms with Crippen LogP contribution in [0.2, 0.25) is 20.1 Å². The average molecular weight is 367 g/mol. The van der Waals surface area contributed by atoms with E-state index in [4.69, 9.17) is 51.1 Å². The van der Waals surface area contributed by atoms with Crippen LogP contribution in [-0.4, -0.2) is 4.92 Å². The Morgan fingerprint density at radius 1 is 0.952 bits per heavy atom. The van der Waals surface area contributed by atoms with Gasteiger partial charge in [0.1, 0.15) is 17.4 Å². The molecule has 0 N–H and O–H groups in total. The van der Waals surface area contributed by atoms with Gasteiger partial charge in [0.05, 0.1) is 20.0 Å². The number of ether oxygens (including phenoxy) is 1. The molecule has 0 amide bonds. The molecule has 2 rings (SSSR count). The number of nitro benzene ring substituents is 1. The molecule has 0 heterocycles. The van der Waals surface area contributed by atoms with E-state index < -0.39 is 4.92 Å². The summed E-state index contributed by atoms with van der Waals surface area (Å²) in [6.45, 7) is 0.0791. The Morgan fingerprint density at radius 2 is 1.62 bits per heavy atom. The van der Waals surface area contributed by atoms with Crippen molar-refractivity contribution in [3.8, 4) is 5.75 Å². The molecule has 0 spiro atoms. The molecule has 4 nitrogen and oxygen atoms in total. The van der Waals surface area contributed by atoms with E-state index in [1.54, 1.807) is 6.07 Å². The van der Waals surface area contributed by atoms with Crippen LogP contribution in [0, 0.1) is 10.1 Å². The first-order chi connectivity index (χ1) is 9.88. The van der Waals surface area contributed by atoms with E-state index in [-0.39, 0.29) is 17.3 Å². The van der Waals surface area contributed by atoms with Gasteiger partial charge in [-0.05, 0) is 17.7 Å². The minimum atomic E-state index is -0.558. The zero-order chi connectivity index (χ0) is 15.6. The molecule has 0 fully saturated rings. The van der Waals surface area contributed by atoms with Crippen molar-refractivity contribution >= 4 is 52.1 Å². The van der Waals surface area contributed by atoms with E-state index in [1.165, 1.54) is 24.3 Å². The molecule has 0 bridgehead atoms. The Balaban J connectivity index is 2.19. The Kier molecular flexibility index (Phi) is 5.17. The number of benzene rings is 2. The second kappa shape index (κ2) is 6.71. The van der Waals surface area contributed by atoms with Crippen LogP contribution in [0.5, 0.6) is 5.75 Å². The first-order valence-corrected chi connectivity index (χ1v) is 7.10. The van der Waals surface area contributed by atoms with Crippen molar-refractivity contribution in [3.63, 3.8) is 0 Å². The molecular weight excluding hydrogens is 360 g/mol. The third-order valence-electron chi connectivity index (χ3n) is 2.58. The average Bonchev–Trinajstić information content (AvgIpc) is 2.42. The molecule has 0 saturated carbocycles. The van der Waals surface area contributed by atoms with Gasteiger partial charge in [-0.25, -0.2) is 0 Å². The first-order valence-electron chi connectivity index (χ1n) is 5.58. The molecule has 110 valence electrons. The van der Waals surface area contributed by atoms with Gasteiger partial charge in [0.2, 0.25) is 0 Å². The molecule has 0 aromatic heterocycles. The molecule has 2 aromatic rings. The quantitative estimate of drug-likeness (QED) is 0.391. The second-order valence-electron chi connectivity index (χ2n) is 4.03. The van der Waals surface area contributed by atoms with E-state index >= 15 is 0 Å². The fourth-order valence-corrected chi connectivity index (χ4v) is 2.34. The highest BCUT2D eigenvalue weighted by Gasteiger charge is 2.13. The molecule has 0 aliphatic carbocycles. The van der Waals surface area contributed by atoms with E-state index in [0.717, 1.165) is 0 Å². The predicted octanol–water partition coefficient (Wildman–Crippen LogP) is 5.79. The van der Waals surface area contributed by atoms with Crippen LogP contribution in [0.3, 0.4) is 0 Å². The zero-order valence-corrected chi connectivity index (χ0v) is 13.3. The molecule has 0 saturated heterocycles. The summed E-state index contributed by atoms with van der Waals surface area (Å²) in [5, 5.41) is 11.8. The van der Waals surface area contributed by atoms with Crippen LogP contribution in [0.15, 0.2) is 30.3 Å². The first kappa shape index (κ1) is 16.2. The summed E-state index contributed by atoms with van der Waals surface area (Å²) < 4.78 is 5.49. The summed E-state index contributed by atoms with van der Waals surface area (Å²) in [5.74, 6) is 0.337. The van der Waals surface area contributed by atoms with Crippen LogP contribution in [0.25, 0.3) is 0 Å². The van der Waals surface area contributed by atoms with Crippen LogP contribution in [-0.2, 0) is 6.61 Å². The van der Waals surface area contributed by atoms with Gasteiger partial charge >= 0.3 is 0 Å². The number of hydrogen-bond acceptors (Lipinski definition) is 3. The highest BCUT2D eigenvalue weighted by molar-refractivity contribution is 6.43. The maximum absolute atomic E-state index is 10.8. The molecule has 21 heavy (non-hydrogen) atoms. The molecule has 2 aromatic carbocycles. The summed E-state index contributed by atoms with van der Waals surface area (Å²) in [4.78, 5) is 10.3. The van der Waals surface area contributed by atoms with Crippen LogP contribution in [0.1, 0.15) is 5.56 Å². The van der Waals surface area contributed by atoms with Crippen molar-refractivity contribution in [1.29, 1.82) is 0 Å². The lowest BCUT2D eigenvalue weighted by atomic mass is 10.2. The van der Waals surface area contributed by atoms with Crippen molar-refractivity contribution in [1.82, 2.24) is 0 Å². The van der Waals surface area contributed by atoms with Crippen molar-refractivity contribution < 1.29 is 9.66 Å². The van der Waals surface area contributed by atoms with Gasteiger partial charge in [-0.15, -0.1) is 0 Å². The van der Waals surface area contributed by atoms with Crippen molar-refractivity contribution in [2.24, 2.45) is 0 Å². The fourth-order valence-electron chi connectivity index (χ4n) is 1.56. The minimum Gasteiger partial charge on any atom is -0.487 e. The Hall–Kier alpha value is -1.20. The fraction of sp³-hybridized carbons (Fsp3) is 0.0769. The van der Waals surface area contributed by atoms with E-state index in [9.17, 15) is 10.1 Å². The lowest BCUT2D eigenvalue weighted by molar-refractivity contribution is -0.384. The molecule has 0 radical (unpaired) electrons. The van der Waals surface area contributed by atoms with Gasteiger partial charge in [-0.1, -0.05) is 52.5 Å². The zero-order valence-electron chi connectivity index (χ0n) is 10.3. The largest absolute Gasteiger partial charge is 0.487 e. The summed E-state index contributed by atoms with van der Waals surface area (Å²) >= 11 is 23.4. The van der Waals surface area contributed by atoms with Crippen molar-refractivity contribution in [2.75, 3.05) is 0 Å². The Bertz CT molecular complexity index is 706. The highest BCUT2D eigenvalue weighted by Crippen LogP contribution is 2.34. The maximum Gasteiger partial charge on any atom is 0.288 e. The molecule has 0 aliphatic rings. The number of nitrogens with zero attached hydrogens (tertiary/aromatic N) is 1. The molecule has 0 unspecified atom stereocenters. The number of nitro groups is 1. The lowest BCUT2D eigenvalue weighted by Gasteiger charge is -2.09. The number of halogens is 4. The van der Waals surface area contributed by atoms with Gasteiger partial charge in [-0.2, -0.15) is 0 Å². The van der Waals surface area contributed by atoms with Crippen LogP contribution < -0.4 is 4.74 Å². The molecule has 0 atom stereocenters. The predicted molar refractivity (Wildman–Crippen MR) is 83.9 cm³/mol. The minimum absolute atomic E-state index is 0.0660. The molecule has 8 heteroatoms. The molecule has 0 aliphatic heterocycles. The van der Waals surface area contributed by atoms with Crippen LogP contribution in [0.4, 0.5) is 5.69 Å². The van der Waals surface area contributed by atoms with Gasteiger partial charge in [0.25, 0.3) is 5.69 Å². The van der Waals surface area contributed by atoms with E-state index in [2.05, 4.69) is 0 Å². The van der Waals surface area contributed by atoms with E-state index in [0.29, 0.717) is 26.4 Å². The molecular formula is C13H7Cl4NO3. The van der Waals surface area contributed by atoms with Gasteiger partial charge < -0.3 is 4.74 Å². The summed E-state index contributed by atoms with van der Waals surface area (Å²) in [5.41, 5.74) is 0.395. The number of rotatable bonds is 4. The lowest BCUT2D eigenvalue weighted by Crippen LogP contribution is -1.98. The van der Waals surface area contributed by atoms with Crippen LogP contribution >= 0.6 is 46.4 Å². The van der Waals surface area contributed by atoms with Crippen molar-refractivity contribution in [2.45, 2.75) is 6.61 Å². The topological polar surface area (TPSA) is 52.4 Å². The highest BCUT2D eigenvalue weighted by atomic mass is 35.5. The normalized spacial score (nSPS) is 10.5. The second-order valence-corrected chi connectivity index (χ2v) is 5.66. The van der Waals surface area contributed by atoms with E-state index in [1.807, 2.05) is 0 Å². The summed E-state index contributed by atoms with van der Waals surface area (Å²) in [7, 11) is 0. The monoisotopic (exact) mass is 365 g/mol. The summed E-state index contributed by atoms with van der Waals surface area (Å²) in [6.07, 6.45) is 0. The van der Waals surface area contributed by atoms with Gasteiger partial charge in [-0.3, -0.25) is 10.1 Å². The summed E-state index contributed by atoms with van der Waals surface area (Å²) in [6, 6.07) is 7.35. The Morgan fingerprint density at radius 3 is 2.29 bits per heavy atom. The van der Waals surface area contributed by atoms with Gasteiger partial charge in [0.15, 0.2) is 0 Å². The third-order valence-corrected chi connectivity index (χ3v) is 3.91. The smallest absolute Gasteiger partial charge is 0.288 e. The van der Waals surface area contributed by atoms with Crippen molar-refractivity contribution in [3.05, 3.63) is 66.1 Å².